The first kappa shape index (κ1) is 25.7. The predicted molar refractivity (Wildman–Crippen MR) is 123 cm³/mol. The lowest BCUT2D eigenvalue weighted by molar-refractivity contribution is -0.304. The maximum atomic E-state index is 13.5. The van der Waals surface area contributed by atoms with Gasteiger partial charge in [0.15, 0.2) is 0 Å². The standard InChI is InChI=1S/C26H21ClF6O/c1-2-3-17-6-11-20(12-7-17)21-13-8-18(9-14-21)4-5-19-10-15-23(22(27)16-19)34-26(32,33)24(28)25(29,30)31/h4-16,24H,2-3H2,1H3. The van der Waals surface area contributed by atoms with E-state index in [-0.39, 0.29) is 5.02 Å². The number of hydrogen-bond acceptors (Lipinski definition) is 1. The van der Waals surface area contributed by atoms with Gasteiger partial charge in [0.1, 0.15) is 5.75 Å². The summed E-state index contributed by atoms with van der Waals surface area (Å²) in [6.45, 7) is 2.13. The highest BCUT2D eigenvalue weighted by Crippen LogP contribution is 2.38. The number of rotatable bonds is 8. The molecule has 0 aliphatic heterocycles. The van der Waals surface area contributed by atoms with Gasteiger partial charge < -0.3 is 4.74 Å². The van der Waals surface area contributed by atoms with Crippen LogP contribution in [0.15, 0.2) is 66.7 Å². The lowest BCUT2D eigenvalue weighted by Crippen LogP contribution is -2.45. The van der Waals surface area contributed by atoms with Crippen LogP contribution in [-0.4, -0.2) is 18.5 Å². The summed E-state index contributed by atoms with van der Waals surface area (Å²) in [5.74, 6) is -0.759. The summed E-state index contributed by atoms with van der Waals surface area (Å²) in [4.78, 5) is 0. The van der Waals surface area contributed by atoms with E-state index in [0.717, 1.165) is 35.6 Å². The molecule has 0 amide bonds. The minimum absolute atomic E-state index is 0.377. The van der Waals surface area contributed by atoms with Crippen molar-refractivity contribution in [2.24, 2.45) is 0 Å². The molecule has 0 aliphatic rings. The molecule has 1 nitrogen and oxygen atoms in total. The number of alkyl halides is 6. The Kier molecular flexibility index (Phi) is 7.97. The van der Waals surface area contributed by atoms with Gasteiger partial charge in [0.2, 0.25) is 0 Å². The van der Waals surface area contributed by atoms with Crippen LogP contribution in [0.3, 0.4) is 0 Å². The molecule has 8 heteroatoms. The van der Waals surface area contributed by atoms with Crippen LogP contribution in [0, 0.1) is 0 Å². The molecule has 0 aliphatic carbocycles. The second-order valence-corrected chi connectivity index (χ2v) is 8.07. The van der Waals surface area contributed by atoms with E-state index in [2.05, 4.69) is 35.9 Å². The quantitative estimate of drug-likeness (QED) is 0.222. The molecule has 3 aromatic carbocycles. The molecule has 3 rings (SSSR count). The topological polar surface area (TPSA) is 9.23 Å². The molecule has 34 heavy (non-hydrogen) atoms. The Hall–Kier alpha value is -2.93. The van der Waals surface area contributed by atoms with E-state index in [9.17, 15) is 26.3 Å². The van der Waals surface area contributed by atoms with Crippen LogP contribution in [0.2, 0.25) is 5.02 Å². The Labute approximate surface area is 198 Å². The van der Waals surface area contributed by atoms with Crippen molar-refractivity contribution < 1.29 is 31.1 Å². The number of halogens is 7. The minimum atomic E-state index is -5.77. The lowest BCUT2D eigenvalue weighted by Gasteiger charge is -2.23. The average Bonchev–Trinajstić information content (AvgIpc) is 2.79. The Morgan fingerprint density at radius 3 is 1.88 bits per heavy atom. The van der Waals surface area contributed by atoms with E-state index in [1.165, 1.54) is 17.7 Å². The van der Waals surface area contributed by atoms with Crippen molar-refractivity contribution in [3.63, 3.8) is 0 Å². The fourth-order valence-corrected chi connectivity index (χ4v) is 3.45. The molecule has 0 saturated heterocycles. The molecule has 0 N–H and O–H groups in total. The molecular formula is C26H21ClF6O. The molecule has 180 valence electrons. The highest BCUT2D eigenvalue weighted by Gasteiger charge is 2.59. The van der Waals surface area contributed by atoms with Crippen molar-refractivity contribution in [2.75, 3.05) is 0 Å². The highest BCUT2D eigenvalue weighted by molar-refractivity contribution is 6.32. The van der Waals surface area contributed by atoms with Crippen molar-refractivity contribution >= 4 is 23.8 Å². The van der Waals surface area contributed by atoms with Gasteiger partial charge in [-0.1, -0.05) is 91.7 Å². The van der Waals surface area contributed by atoms with Crippen LogP contribution in [0.4, 0.5) is 26.3 Å². The maximum Gasteiger partial charge on any atom is 0.439 e. The first-order valence-electron chi connectivity index (χ1n) is 10.4. The molecule has 3 aromatic rings. The molecule has 0 saturated carbocycles. The predicted octanol–water partition coefficient (Wildman–Crippen LogP) is 9.00. The van der Waals surface area contributed by atoms with Gasteiger partial charge in [0, 0.05) is 0 Å². The smallest absolute Gasteiger partial charge is 0.429 e. The third-order valence-electron chi connectivity index (χ3n) is 4.99. The van der Waals surface area contributed by atoms with E-state index in [0.29, 0.717) is 5.56 Å². The lowest BCUT2D eigenvalue weighted by atomic mass is 10.0. The van der Waals surface area contributed by atoms with Crippen molar-refractivity contribution in [3.8, 4) is 16.9 Å². The average molecular weight is 499 g/mol. The van der Waals surface area contributed by atoms with E-state index < -0.39 is 24.2 Å². The molecule has 1 atom stereocenters. The molecular weight excluding hydrogens is 478 g/mol. The summed E-state index contributed by atoms with van der Waals surface area (Å²) in [6.07, 6.45) is -9.83. The SMILES string of the molecule is CCCc1ccc(-c2ccc(C=Cc3ccc(OC(F)(F)C(F)C(F)(F)F)c(Cl)c3)cc2)cc1. The number of aryl methyl sites for hydroxylation is 1. The number of hydrogen-bond donors (Lipinski definition) is 0. The molecule has 0 aromatic heterocycles. The maximum absolute atomic E-state index is 13.5. The summed E-state index contributed by atoms with van der Waals surface area (Å²) in [7, 11) is 0. The minimum Gasteiger partial charge on any atom is -0.429 e. The van der Waals surface area contributed by atoms with Crippen LogP contribution in [0.25, 0.3) is 23.3 Å². The molecule has 0 fully saturated rings. The van der Waals surface area contributed by atoms with Gasteiger partial charge in [-0.3, -0.25) is 0 Å². The van der Waals surface area contributed by atoms with Crippen molar-refractivity contribution in [1.29, 1.82) is 0 Å². The fraction of sp³-hybridized carbons (Fsp3) is 0.231. The van der Waals surface area contributed by atoms with E-state index in [4.69, 9.17) is 11.6 Å². The van der Waals surface area contributed by atoms with Crippen molar-refractivity contribution in [1.82, 2.24) is 0 Å². The zero-order chi connectivity index (χ0) is 24.9. The molecule has 0 bridgehead atoms. The zero-order valence-corrected chi connectivity index (χ0v) is 18.8. The van der Waals surface area contributed by atoms with E-state index in [1.54, 1.807) is 12.2 Å². The fourth-order valence-electron chi connectivity index (χ4n) is 3.22. The normalized spacial score (nSPS) is 13.3. The Morgan fingerprint density at radius 1 is 0.824 bits per heavy atom. The molecule has 1 unspecified atom stereocenters. The van der Waals surface area contributed by atoms with Gasteiger partial charge in [-0.15, -0.1) is 0 Å². The third-order valence-corrected chi connectivity index (χ3v) is 5.28. The number of ether oxygens (including phenoxy) is 1. The molecule has 0 spiro atoms. The Morgan fingerprint density at radius 2 is 1.35 bits per heavy atom. The molecule has 0 heterocycles. The number of benzene rings is 3. The second-order valence-electron chi connectivity index (χ2n) is 7.66. The van der Waals surface area contributed by atoms with Gasteiger partial charge in [0.05, 0.1) is 5.02 Å². The van der Waals surface area contributed by atoms with Crippen LogP contribution in [0.1, 0.15) is 30.0 Å². The Balaban J connectivity index is 1.68. The van der Waals surface area contributed by atoms with Gasteiger partial charge in [-0.05, 0) is 46.4 Å². The molecule has 0 radical (unpaired) electrons. The van der Waals surface area contributed by atoms with Gasteiger partial charge in [-0.2, -0.15) is 22.0 Å². The van der Waals surface area contributed by atoms with Crippen LogP contribution < -0.4 is 4.74 Å². The summed E-state index contributed by atoms with van der Waals surface area (Å²) < 4.78 is 80.7. The van der Waals surface area contributed by atoms with E-state index >= 15 is 0 Å². The van der Waals surface area contributed by atoms with E-state index in [1.807, 2.05) is 24.3 Å². The third kappa shape index (κ3) is 6.56. The largest absolute Gasteiger partial charge is 0.439 e. The highest BCUT2D eigenvalue weighted by atomic mass is 35.5. The van der Waals surface area contributed by atoms with Gasteiger partial charge in [0.25, 0.3) is 6.17 Å². The second kappa shape index (κ2) is 10.6. The first-order valence-corrected chi connectivity index (χ1v) is 10.8. The zero-order valence-electron chi connectivity index (χ0n) is 18.1. The van der Waals surface area contributed by atoms with Gasteiger partial charge >= 0.3 is 12.3 Å². The first-order chi connectivity index (χ1) is 16.0. The van der Waals surface area contributed by atoms with Crippen molar-refractivity contribution in [2.45, 2.75) is 38.2 Å². The summed E-state index contributed by atoms with van der Waals surface area (Å²) in [5, 5.41) is -0.377. The van der Waals surface area contributed by atoms with Crippen LogP contribution >= 0.6 is 11.6 Å². The van der Waals surface area contributed by atoms with Gasteiger partial charge in [-0.25, -0.2) is 4.39 Å². The summed E-state index contributed by atoms with van der Waals surface area (Å²) in [5.41, 5.74) is 4.78. The van der Waals surface area contributed by atoms with Crippen LogP contribution in [0.5, 0.6) is 5.75 Å². The monoisotopic (exact) mass is 498 g/mol. The summed E-state index contributed by atoms with van der Waals surface area (Å²) >= 11 is 5.86. The van der Waals surface area contributed by atoms with Crippen LogP contribution in [-0.2, 0) is 6.42 Å². The summed E-state index contributed by atoms with van der Waals surface area (Å²) in [6, 6.07) is 19.6. The van der Waals surface area contributed by atoms with Crippen molar-refractivity contribution in [3.05, 3.63) is 88.4 Å². The Bertz CT molecular complexity index is 1120.